The van der Waals surface area contributed by atoms with Crippen LogP contribution in [0.1, 0.15) is 45.4 Å². The SMILES string of the molecule is C[C@@H](NS(=O)(=O)CCC(=O)O)C1CCCCC1. The summed E-state index contributed by atoms with van der Waals surface area (Å²) in [6, 6.07) is -0.0888. The van der Waals surface area contributed by atoms with E-state index >= 15 is 0 Å². The minimum absolute atomic E-state index is 0.0888. The molecule has 1 aliphatic rings. The first-order valence-electron chi connectivity index (χ1n) is 6.12. The van der Waals surface area contributed by atoms with Crippen molar-refractivity contribution in [2.75, 3.05) is 5.75 Å². The van der Waals surface area contributed by atoms with E-state index in [1.165, 1.54) is 6.42 Å². The lowest BCUT2D eigenvalue weighted by atomic mass is 9.85. The Morgan fingerprint density at radius 2 is 1.94 bits per heavy atom. The first-order chi connectivity index (χ1) is 7.91. The monoisotopic (exact) mass is 263 g/mol. The normalized spacial score (nSPS) is 20.1. The number of aliphatic carboxylic acids is 1. The van der Waals surface area contributed by atoms with Crippen molar-refractivity contribution in [3.8, 4) is 0 Å². The van der Waals surface area contributed by atoms with Crippen molar-refractivity contribution in [3.05, 3.63) is 0 Å². The number of hydrogen-bond acceptors (Lipinski definition) is 3. The first-order valence-corrected chi connectivity index (χ1v) is 7.78. The Kier molecular flexibility index (Phi) is 5.39. The molecule has 1 rings (SSSR count). The molecule has 2 N–H and O–H groups in total. The molecule has 0 aromatic rings. The molecule has 0 unspecified atom stereocenters. The number of carbonyl (C=O) groups is 1. The van der Waals surface area contributed by atoms with E-state index < -0.39 is 16.0 Å². The van der Waals surface area contributed by atoms with Crippen molar-refractivity contribution in [1.82, 2.24) is 4.72 Å². The average Bonchev–Trinajstić information content (AvgIpc) is 2.27. The van der Waals surface area contributed by atoms with E-state index in [4.69, 9.17) is 5.11 Å². The molecule has 1 saturated carbocycles. The molecule has 0 aliphatic heterocycles. The first kappa shape index (κ1) is 14.4. The molecule has 0 amide bonds. The highest BCUT2D eigenvalue weighted by molar-refractivity contribution is 7.89. The zero-order chi connectivity index (χ0) is 12.9. The lowest BCUT2D eigenvalue weighted by Crippen LogP contribution is -2.40. The molecule has 1 atom stereocenters. The third-order valence-electron chi connectivity index (χ3n) is 3.31. The van der Waals surface area contributed by atoms with Gasteiger partial charge in [0.2, 0.25) is 10.0 Å². The van der Waals surface area contributed by atoms with Gasteiger partial charge in [-0.1, -0.05) is 19.3 Å². The van der Waals surface area contributed by atoms with Crippen LogP contribution in [0.3, 0.4) is 0 Å². The van der Waals surface area contributed by atoms with E-state index in [9.17, 15) is 13.2 Å². The van der Waals surface area contributed by atoms with Crippen LogP contribution in [0.5, 0.6) is 0 Å². The number of sulfonamides is 1. The fraction of sp³-hybridized carbons (Fsp3) is 0.909. The van der Waals surface area contributed by atoms with Gasteiger partial charge < -0.3 is 5.11 Å². The Morgan fingerprint density at radius 1 is 1.35 bits per heavy atom. The fourth-order valence-electron chi connectivity index (χ4n) is 2.29. The Hall–Kier alpha value is -0.620. The molecule has 5 nitrogen and oxygen atoms in total. The van der Waals surface area contributed by atoms with Crippen LogP contribution in [-0.4, -0.2) is 31.3 Å². The Labute approximate surface area is 103 Å². The van der Waals surface area contributed by atoms with Crippen LogP contribution >= 0.6 is 0 Å². The van der Waals surface area contributed by atoms with Gasteiger partial charge in [0.25, 0.3) is 0 Å². The maximum Gasteiger partial charge on any atom is 0.304 e. The lowest BCUT2D eigenvalue weighted by molar-refractivity contribution is -0.136. The average molecular weight is 263 g/mol. The van der Waals surface area contributed by atoms with Crippen molar-refractivity contribution in [3.63, 3.8) is 0 Å². The minimum Gasteiger partial charge on any atom is -0.481 e. The fourth-order valence-corrected chi connectivity index (χ4v) is 3.61. The van der Waals surface area contributed by atoms with Gasteiger partial charge in [0.1, 0.15) is 0 Å². The molecule has 6 heteroatoms. The summed E-state index contributed by atoms with van der Waals surface area (Å²) in [6.07, 6.45) is 5.32. The van der Waals surface area contributed by atoms with Crippen molar-refractivity contribution >= 4 is 16.0 Å². The van der Waals surface area contributed by atoms with Crippen LogP contribution in [0, 0.1) is 5.92 Å². The van der Waals surface area contributed by atoms with E-state index in [1.807, 2.05) is 6.92 Å². The summed E-state index contributed by atoms with van der Waals surface area (Å²) in [7, 11) is -3.46. The number of hydrogen-bond donors (Lipinski definition) is 2. The highest BCUT2D eigenvalue weighted by Gasteiger charge is 2.24. The van der Waals surface area contributed by atoms with E-state index in [0.29, 0.717) is 5.92 Å². The van der Waals surface area contributed by atoms with Crippen LogP contribution < -0.4 is 4.72 Å². The number of nitrogens with one attached hydrogen (secondary N) is 1. The molecule has 0 aromatic heterocycles. The van der Waals surface area contributed by atoms with Gasteiger partial charge in [0.15, 0.2) is 0 Å². The number of carboxylic acids is 1. The maximum absolute atomic E-state index is 11.6. The highest BCUT2D eigenvalue weighted by atomic mass is 32.2. The van der Waals surface area contributed by atoms with Crippen molar-refractivity contribution in [1.29, 1.82) is 0 Å². The molecule has 1 aliphatic carbocycles. The van der Waals surface area contributed by atoms with Crippen molar-refractivity contribution < 1.29 is 18.3 Å². The van der Waals surface area contributed by atoms with Gasteiger partial charge in [-0.05, 0) is 25.7 Å². The summed E-state index contributed by atoms with van der Waals surface area (Å²) >= 11 is 0. The predicted molar refractivity (Wildman–Crippen MR) is 65.2 cm³/mol. The Balaban J connectivity index is 2.42. The van der Waals surface area contributed by atoms with E-state index in [0.717, 1.165) is 25.7 Å². The smallest absolute Gasteiger partial charge is 0.304 e. The van der Waals surface area contributed by atoms with Gasteiger partial charge in [0.05, 0.1) is 12.2 Å². The van der Waals surface area contributed by atoms with Gasteiger partial charge in [-0.15, -0.1) is 0 Å². The standard InChI is InChI=1S/C11H21NO4S/c1-9(10-5-3-2-4-6-10)12-17(15,16)8-7-11(13)14/h9-10,12H,2-8H2,1H3,(H,13,14)/t9-/m1/s1. The third-order valence-corrected chi connectivity index (χ3v) is 4.78. The number of rotatable bonds is 6. The lowest BCUT2D eigenvalue weighted by Gasteiger charge is -2.28. The van der Waals surface area contributed by atoms with Gasteiger partial charge >= 0.3 is 5.97 Å². The molecule has 0 heterocycles. The Bertz CT molecular complexity index is 346. The van der Waals surface area contributed by atoms with Crippen LogP contribution in [0.4, 0.5) is 0 Å². The van der Waals surface area contributed by atoms with Gasteiger partial charge in [-0.25, -0.2) is 13.1 Å². The van der Waals surface area contributed by atoms with E-state index in [-0.39, 0.29) is 18.2 Å². The molecular formula is C11H21NO4S. The summed E-state index contributed by atoms with van der Waals surface area (Å²) in [5, 5.41) is 8.47. The second-order valence-corrected chi connectivity index (χ2v) is 6.64. The zero-order valence-corrected chi connectivity index (χ0v) is 11.0. The molecule has 0 bridgehead atoms. The predicted octanol–water partition coefficient (Wildman–Crippen LogP) is 1.35. The summed E-state index contributed by atoms with van der Waals surface area (Å²) in [5.74, 6) is -1.02. The van der Waals surface area contributed by atoms with Crippen LogP contribution in [0.25, 0.3) is 0 Å². The summed E-state index contributed by atoms with van der Waals surface area (Å²) in [6.45, 7) is 1.87. The molecule has 100 valence electrons. The number of carboxylic acid groups (broad SMARTS) is 1. The van der Waals surface area contributed by atoms with Crippen molar-refractivity contribution in [2.45, 2.75) is 51.5 Å². The molecular weight excluding hydrogens is 242 g/mol. The zero-order valence-electron chi connectivity index (χ0n) is 10.2. The van der Waals surface area contributed by atoms with E-state index in [1.54, 1.807) is 0 Å². The second kappa shape index (κ2) is 6.35. The van der Waals surface area contributed by atoms with Crippen LogP contribution in [0.2, 0.25) is 0 Å². The molecule has 17 heavy (non-hydrogen) atoms. The molecule has 0 radical (unpaired) electrons. The largest absolute Gasteiger partial charge is 0.481 e. The summed E-state index contributed by atoms with van der Waals surface area (Å²) in [4.78, 5) is 10.3. The summed E-state index contributed by atoms with van der Waals surface area (Å²) < 4.78 is 25.8. The summed E-state index contributed by atoms with van der Waals surface area (Å²) in [5.41, 5.74) is 0. The molecule has 0 aromatic carbocycles. The molecule has 1 fully saturated rings. The maximum atomic E-state index is 11.6. The quantitative estimate of drug-likeness (QED) is 0.757. The Morgan fingerprint density at radius 3 is 2.47 bits per heavy atom. The van der Waals surface area contributed by atoms with Crippen LogP contribution in [0.15, 0.2) is 0 Å². The minimum atomic E-state index is -3.46. The van der Waals surface area contributed by atoms with Gasteiger partial charge in [0, 0.05) is 6.04 Å². The van der Waals surface area contributed by atoms with Gasteiger partial charge in [-0.3, -0.25) is 4.79 Å². The van der Waals surface area contributed by atoms with Crippen molar-refractivity contribution in [2.24, 2.45) is 5.92 Å². The van der Waals surface area contributed by atoms with Gasteiger partial charge in [-0.2, -0.15) is 0 Å². The molecule has 0 saturated heterocycles. The topological polar surface area (TPSA) is 83.5 Å². The van der Waals surface area contributed by atoms with E-state index in [2.05, 4.69) is 4.72 Å². The van der Waals surface area contributed by atoms with Crippen LogP contribution in [-0.2, 0) is 14.8 Å². The third kappa shape index (κ3) is 5.50. The second-order valence-electron chi connectivity index (χ2n) is 4.77. The highest BCUT2D eigenvalue weighted by Crippen LogP contribution is 2.26. The molecule has 0 spiro atoms.